The molecule has 2 aliphatic rings. The molecular weight excluding hydrogens is 753 g/mol. The van der Waals surface area contributed by atoms with E-state index in [9.17, 15) is 36.0 Å². The Balaban J connectivity index is 0.000000172. The second-order valence-electron chi connectivity index (χ2n) is 13.1. The lowest BCUT2D eigenvalue weighted by molar-refractivity contribution is 0.0971. The molecule has 12 nitrogen and oxygen atoms in total. The van der Waals surface area contributed by atoms with Gasteiger partial charge in [-0.1, -0.05) is 96.1 Å². The van der Waals surface area contributed by atoms with Crippen molar-refractivity contribution in [1.82, 2.24) is 9.44 Å². The molecule has 6 aromatic carbocycles. The van der Waals surface area contributed by atoms with E-state index < -0.39 is 66.0 Å². The normalized spacial score (nSPS) is 14.3. The summed E-state index contributed by atoms with van der Waals surface area (Å²) in [5.74, 6) is -2.41. The van der Waals surface area contributed by atoms with Crippen LogP contribution in [0.4, 0.5) is 0 Å². The van der Waals surface area contributed by atoms with Crippen molar-refractivity contribution < 1.29 is 36.0 Å². The lowest BCUT2D eigenvalue weighted by Gasteiger charge is -2.21. The Hall–Kier alpha value is -6.90. The van der Waals surface area contributed by atoms with Gasteiger partial charge >= 0.3 is 0 Å². The van der Waals surface area contributed by atoms with Crippen molar-refractivity contribution in [1.29, 1.82) is 0 Å². The van der Waals surface area contributed by atoms with Crippen LogP contribution in [0.2, 0.25) is 0 Å². The minimum Gasteiger partial charge on any atom is -0.394 e. The van der Waals surface area contributed by atoms with E-state index in [2.05, 4.69) is 9.44 Å². The van der Waals surface area contributed by atoms with E-state index in [1.54, 1.807) is 60.7 Å². The van der Waals surface area contributed by atoms with E-state index in [0.29, 0.717) is 10.8 Å². The number of nitrogens with two attached hydrogens (primary N) is 2. The Labute approximate surface area is 321 Å². The predicted octanol–water partition coefficient (Wildman–Crippen LogP) is 5.35. The lowest BCUT2D eigenvalue weighted by Crippen LogP contribution is -2.36. The van der Waals surface area contributed by atoms with Crippen LogP contribution in [0, 0.1) is 13.8 Å². The van der Waals surface area contributed by atoms with Gasteiger partial charge in [-0.15, -0.1) is 0 Å². The highest BCUT2D eigenvalue weighted by Gasteiger charge is 2.36. The number of fused-ring (bicyclic) bond motifs is 6. The smallest absolute Gasteiger partial charge is 0.262 e. The van der Waals surface area contributed by atoms with Crippen LogP contribution in [0.25, 0.3) is 21.5 Å². The molecule has 6 N–H and O–H groups in total. The van der Waals surface area contributed by atoms with Crippen LogP contribution >= 0.6 is 0 Å². The highest BCUT2D eigenvalue weighted by molar-refractivity contribution is 7.90. The fourth-order valence-corrected chi connectivity index (χ4v) is 8.61. The average Bonchev–Trinajstić information content (AvgIpc) is 3.19. The van der Waals surface area contributed by atoms with Crippen molar-refractivity contribution in [3.05, 3.63) is 177 Å². The van der Waals surface area contributed by atoms with Crippen molar-refractivity contribution in [2.75, 3.05) is 0 Å². The van der Waals surface area contributed by atoms with Crippen LogP contribution in [0.1, 0.15) is 52.6 Å². The molecule has 0 spiro atoms. The summed E-state index contributed by atoms with van der Waals surface area (Å²) in [6.07, 6.45) is 0. The number of ketones is 4. The first kappa shape index (κ1) is 37.4. The molecule has 0 atom stereocenters. The molecule has 0 bridgehead atoms. The molecule has 0 amide bonds. The summed E-state index contributed by atoms with van der Waals surface area (Å²) in [5, 5.41) is 2.72. The van der Waals surface area contributed by atoms with Gasteiger partial charge in [-0.2, -0.15) is 0 Å². The molecule has 56 heavy (non-hydrogen) atoms. The van der Waals surface area contributed by atoms with Gasteiger partial charge in [0.2, 0.25) is 23.1 Å². The van der Waals surface area contributed by atoms with Gasteiger partial charge in [0.1, 0.15) is 22.8 Å². The zero-order valence-corrected chi connectivity index (χ0v) is 31.4. The number of hydrogen-bond acceptors (Lipinski definition) is 10. The number of carbonyl (C=O) groups excluding carboxylic acids is 4. The third-order valence-electron chi connectivity index (χ3n) is 9.42. The van der Waals surface area contributed by atoms with Gasteiger partial charge in [0, 0.05) is 22.3 Å². The Bertz CT molecular complexity index is 2990. The zero-order chi connectivity index (χ0) is 40.1. The topological polar surface area (TPSA) is 213 Å². The molecule has 2 aliphatic carbocycles. The van der Waals surface area contributed by atoms with Crippen molar-refractivity contribution in [3.63, 3.8) is 0 Å². The molecule has 280 valence electrons. The summed E-state index contributed by atoms with van der Waals surface area (Å²) >= 11 is 0. The number of carbonyl (C=O) groups is 4. The van der Waals surface area contributed by atoms with Gasteiger partial charge in [0.05, 0.1) is 9.79 Å². The van der Waals surface area contributed by atoms with Gasteiger partial charge in [0.25, 0.3) is 20.0 Å². The number of aryl methyl sites for hydroxylation is 2. The quantitative estimate of drug-likeness (QED) is 0.170. The van der Waals surface area contributed by atoms with Crippen LogP contribution in [0.5, 0.6) is 0 Å². The first-order valence-electron chi connectivity index (χ1n) is 17.0. The molecule has 0 aliphatic heterocycles. The standard InChI is InChI=1S/2C21H16N2O4S/c1-12-6-9-14(10-7-12)28(26,27)23-19-18(22)21(25)17-15-5-3-2-4-13(15)8-11-16(17)20(19)24;1-12-6-9-14(10-7-12)28(26,27)23-19-18(22)20(24)16-11-8-13-4-2-3-5-15(13)17(16)21(19)25/h2*2-11,23H,22H2,1H3. The maximum Gasteiger partial charge on any atom is 0.262 e. The van der Waals surface area contributed by atoms with Gasteiger partial charge in [-0.3, -0.25) is 28.6 Å². The molecule has 0 fully saturated rings. The number of benzene rings is 6. The number of allylic oxidation sites excluding steroid dienone is 4. The molecule has 0 saturated heterocycles. The Morgan fingerprint density at radius 1 is 0.429 bits per heavy atom. The summed E-state index contributed by atoms with van der Waals surface area (Å²) in [4.78, 5) is 51.6. The van der Waals surface area contributed by atoms with E-state index in [0.717, 1.165) is 21.9 Å². The number of Topliss-reactive ketones (excluding diaryl/α,β-unsaturated/α-hetero) is 4. The summed E-state index contributed by atoms with van der Waals surface area (Å²) in [6.45, 7) is 3.66. The summed E-state index contributed by atoms with van der Waals surface area (Å²) in [7, 11) is -8.15. The van der Waals surface area contributed by atoms with Crippen molar-refractivity contribution in [2.45, 2.75) is 23.6 Å². The Morgan fingerprint density at radius 3 is 1.27 bits per heavy atom. The summed E-state index contributed by atoms with van der Waals surface area (Å²) in [6, 6.07) is 33.0. The third kappa shape index (κ3) is 6.61. The van der Waals surface area contributed by atoms with Gasteiger partial charge < -0.3 is 11.5 Å². The Morgan fingerprint density at radius 2 is 0.804 bits per heavy atom. The second-order valence-corrected chi connectivity index (χ2v) is 16.5. The summed E-state index contributed by atoms with van der Waals surface area (Å²) < 4.78 is 55.2. The van der Waals surface area contributed by atoms with Crippen LogP contribution in [-0.2, 0) is 20.0 Å². The monoisotopic (exact) mass is 784 g/mol. The van der Waals surface area contributed by atoms with Crippen LogP contribution < -0.4 is 20.9 Å². The summed E-state index contributed by atoms with van der Waals surface area (Å²) in [5.41, 5.74) is 12.5. The number of rotatable bonds is 6. The molecule has 8 rings (SSSR count). The van der Waals surface area contributed by atoms with Crippen LogP contribution in [0.15, 0.2) is 154 Å². The van der Waals surface area contributed by atoms with Crippen molar-refractivity contribution >= 4 is 64.7 Å². The largest absolute Gasteiger partial charge is 0.394 e. The minimum absolute atomic E-state index is 0.0250. The average molecular weight is 785 g/mol. The predicted molar refractivity (Wildman–Crippen MR) is 211 cm³/mol. The molecule has 0 saturated carbocycles. The van der Waals surface area contributed by atoms with Gasteiger partial charge in [-0.25, -0.2) is 16.8 Å². The molecule has 0 heterocycles. The van der Waals surface area contributed by atoms with E-state index >= 15 is 0 Å². The van der Waals surface area contributed by atoms with E-state index in [-0.39, 0.29) is 32.0 Å². The lowest BCUT2D eigenvalue weighted by atomic mass is 9.87. The van der Waals surface area contributed by atoms with E-state index in [1.165, 1.54) is 36.4 Å². The molecule has 14 heteroatoms. The zero-order valence-electron chi connectivity index (χ0n) is 29.8. The molecule has 0 radical (unpaired) electrons. The number of hydrogen-bond donors (Lipinski definition) is 4. The SMILES string of the molecule is Cc1ccc(S(=O)(=O)NC2=C(N)C(=O)c3c(ccc4ccccc34)C2=O)cc1.Cc1ccc(S(=O)(=O)NC2=C(N)C(=O)c3ccc4ccccc4c3C2=O)cc1. The molecule has 0 aromatic heterocycles. The first-order chi connectivity index (χ1) is 26.6. The van der Waals surface area contributed by atoms with Crippen molar-refractivity contribution in [3.8, 4) is 0 Å². The van der Waals surface area contributed by atoms with Crippen molar-refractivity contribution in [2.24, 2.45) is 11.5 Å². The van der Waals surface area contributed by atoms with Gasteiger partial charge in [0.15, 0.2) is 0 Å². The van der Waals surface area contributed by atoms with E-state index in [4.69, 9.17) is 11.5 Å². The minimum atomic E-state index is -4.08. The molecular formula is C42H32N4O8S2. The molecule has 6 aromatic rings. The molecule has 0 unspecified atom stereocenters. The third-order valence-corrected chi connectivity index (χ3v) is 12.2. The number of sulfonamides is 2. The fourth-order valence-electron chi connectivity index (χ4n) is 6.45. The maximum absolute atomic E-state index is 13.1. The highest BCUT2D eigenvalue weighted by Crippen LogP contribution is 2.32. The number of nitrogens with one attached hydrogen (secondary N) is 2. The van der Waals surface area contributed by atoms with Crippen LogP contribution in [0.3, 0.4) is 0 Å². The highest BCUT2D eigenvalue weighted by atomic mass is 32.2. The second kappa shape index (κ2) is 14.1. The van der Waals surface area contributed by atoms with Crippen LogP contribution in [-0.4, -0.2) is 40.0 Å². The fraction of sp³-hybridized carbons (Fsp3) is 0.0476. The maximum atomic E-state index is 13.1. The van der Waals surface area contributed by atoms with Gasteiger partial charge in [-0.05, 0) is 71.8 Å². The van der Waals surface area contributed by atoms with E-state index in [1.807, 2.05) is 38.1 Å². The first-order valence-corrected chi connectivity index (χ1v) is 20.0. The Kier molecular flexibility index (Phi) is 9.40.